The lowest BCUT2D eigenvalue weighted by Gasteiger charge is -2.25. The highest BCUT2D eigenvalue weighted by Crippen LogP contribution is 2.19. The fourth-order valence-corrected chi connectivity index (χ4v) is 3.62. The van der Waals surface area contributed by atoms with Gasteiger partial charge in [0.25, 0.3) is 0 Å². The number of nitrogens with one attached hydrogen (secondary N) is 3. The standard InChI is InChI=1S/C25H30N4O4/c1-3-16(2)22(23(26)30)29-24(31)21(13-18-14-27-20-12-8-7-11-19(18)20)28-25(32)33-15-17-9-5-4-6-10-17/h4-12,14,16,21-22,27H,3,13,15H2,1-2H3,(H2,26,30)(H,28,32)(H,29,31)/t16-,21-,22-/m0/s1. The lowest BCUT2D eigenvalue weighted by molar-refractivity contribution is -0.129. The van der Waals surface area contributed by atoms with Gasteiger partial charge in [0.05, 0.1) is 0 Å². The number of aromatic amines is 1. The van der Waals surface area contributed by atoms with Crippen LogP contribution in [0.2, 0.25) is 0 Å². The molecule has 1 heterocycles. The van der Waals surface area contributed by atoms with Gasteiger partial charge >= 0.3 is 6.09 Å². The summed E-state index contributed by atoms with van der Waals surface area (Å²) in [5.74, 6) is -1.26. The van der Waals surface area contributed by atoms with Gasteiger partial charge in [0.1, 0.15) is 18.7 Å². The molecule has 0 saturated heterocycles. The minimum Gasteiger partial charge on any atom is -0.445 e. The molecule has 1 aromatic heterocycles. The molecule has 0 fully saturated rings. The van der Waals surface area contributed by atoms with Gasteiger partial charge in [-0.15, -0.1) is 0 Å². The van der Waals surface area contributed by atoms with Crippen LogP contribution in [-0.4, -0.2) is 35.0 Å². The number of nitrogens with two attached hydrogens (primary N) is 1. The minimum atomic E-state index is -0.960. The topological polar surface area (TPSA) is 126 Å². The molecular formula is C25H30N4O4. The second kappa shape index (κ2) is 11.2. The van der Waals surface area contributed by atoms with Crippen molar-refractivity contribution in [3.8, 4) is 0 Å². The average molecular weight is 451 g/mol. The van der Waals surface area contributed by atoms with Gasteiger partial charge in [0.2, 0.25) is 11.8 Å². The molecule has 0 bridgehead atoms. The molecule has 0 aliphatic heterocycles. The number of amides is 3. The number of para-hydroxylation sites is 1. The van der Waals surface area contributed by atoms with Crippen molar-refractivity contribution in [2.24, 2.45) is 11.7 Å². The van der Waals surface area contributed by atoms with Crippen molar-refractivity contribution in [1.82, 2.24) is 15.6 Å². The predicted molar refractivity (Wildman–Crippen MR) is 126 cm³/mol. The highest BCUT2D eigenvalue weighted by Gasteiger charge is 2.29. The number of H-pyrrole nitrogens is 1. The second-order valence-electron chi connectivity index (χ2n) is 8.10. The number of carbonyl (C=O) groups excluding carboxylic acids is 3. The largest absolute Gasteiger partial charge is 0.445 e. The van der Waals surface area contributed by atoms with Crippen LogP contribution in [0.1, 0.15) is 31.4 Å². The fraction of sp³-hybridized carbons (Fsp3) is 0.320. The van der Waals surface area contributed by atoms with Crippen molar-refractivity contribution < 1.29 is 19.1 Å². The number of hydrogen-bond donors (Lipinski definition) is 4. The number of benzene rings is 2. The normalized spacial score (nSPS) is 13.6. The van der Waals surface area contributed by atoms with Gasteiger partial charge in [-0.2, -0.15) is 0 Å². The zero-order valence-electron chi connectivity index (χ0n) is 18.8. The Labute approximate surface area is 192 Å². The number of alkyl carbamates (subject to hydrolysis) is 1. The van der Waals surface area contributed by atoms with Crippen LogP contribution in [0, 0.1) is 5.92 Å². The van der Waals surface area contributed by atoms with E-state index in [-0.39, 0.29) is 18.9 Å². The Hall–Kier alpha value is -3.81. The van der Waals surface area contributed by atoms with E-state index in [4.69, 9.17) is 10.5 Å². The lowest BCUT2D eigenvalue weighted by atomic mass is 9.97. The van der Waals surface area contributed by atoms with Crippen LogP contribution >= 0.6 is 0 Å². The number of primary amides is 1. The van der Waals surface area contributed by atoms with Crippen molar-refractivity contribution in [3.05, 3.63) is 71.9 Å². The van der Waals surface area contributed by atoms with Crippen molar-refractivity contribution >= 4 is 28.8 Å². The fourth-order valence-electron chi connectivity index (χ4n) is 3.62. The summed E-state index contributed by atoms with van der Waals surface area (Å²) in [7, 11) is 0. The monoisotopic (exact) mass is 450 g/mol. The third kappa shape index (κ3) is 6.35. The lowest BCUT2D eigenvalue weighted by Crippen LogP contribution is -2.55. The van der Waals surface area contributed by atoms with E-state index in [9.17, 15) is 14.4 Å². The predicted octanol–water partition coefficient (Wildman–Crippen LogP) is 3.02. The van der Waals surface area contributed by atoms with Crippen LogP contribution in [0.4, 0.5) is 4.79 Å². The molecule has 33 heavy (non-hydrogen) atoms. The summed E-state index contributed by atoms with van der Waals surface area (Å²) in [4.78, 5) is 40.8. The van der Waals surface area contributed by atoms with E-state index in [0.717, 1.165) is 22.0 Å². The Morgan fingerprint density at radius 3 is 2.42 bits per heavy atom. The highest BCUT2D eigenvalue weighted by molar-refractivity contribution is 5.92. The molecular weight excluding hydrogens is 420 g/mol. The summed E-state index contributed by atoms with van der Waals surface area (Å²) in [6, 6.07) is 15.1. The number of fused-ring (bicyclic) bond motifs is 1. The van der Waals surface area contributed by atoms with Gasteiger partial charge in [-0.25, -0.2) is 4.79 Å². The van der Waals surface area contributed by atoms with E-state index in [1.54, 1.807) is 0 Å². The minimum absolute atomic E-state index is 0.0743. The Morgan fingerprint density at radius 2 is 1.73 bits per heavy atom. The van der Waals surface area contributed by atoms with Crippen LogP contribution in [0.25, 0.3) is 10.9 Å². The van der Waals surface area contributed by atoms with Gasteiger partial charge < -0.3 is 26.1 Å². The van der Waals surface area contributed by atoms with Crippen LogP contribution in [0.5, 0.6) is 0 Å². The zero-order valence-corrected chi connectivity index (χ0v) is 18.8. The SMILES string of the molecule is CC[C@H](C)[C@H](NC(=O)[C@H](Cc1c[nH]c2ccccc12)NC(=O)OCc1ccccc1)C(N)=O. The molecule has 8 heteroatoms. The quantitative estimate of drug-likeness (QED) is 0.379. The Bertz CT molecular complexity index is 1100. The van der Waals surface area contributed by atoms with Gasteiger partial charge in [0, 0.05) is 23.5 Å². The average Bonchev–Trinajstić information content (AvgIpc) is 3.23. The summed E-state index contributed by atoms with van der Waals surface area (Å²) in [6.45, 7) is 3.83. The van der Waals surface area contributed by atoms with E-state index in [1.807, 2.05) is 74.6 Å². The van der Waals surface area contributed by atoms with Crippen LogP contribution in [0.3, 0.4) is 0 Å². The first-order valence-electron chi connectivity index (χ1n) is 11.0. The number of rotatable bonds is 10. The Morgan fingerprint density at radius 1 is 1.03 bits per heavy atom. The third-order valence-corrected chi connectivity index (χ3v) is 5.74. The van der Waals surface area contributed by atoms with E-state index in [2.05, 4.69) is 15.6 Å². The zero-order chi connectivity index (χ0) is 23.8. The van der Waals surface area contributed by atoms with E-state index < -0.39 is 30.0 Å². The third-order valence-electron chi connectivity index (χ3n) is 5.74. The molecule has 0 spiro atoms. The number of carbonyl (C=O) groups is 3. The number of hydrogen-bond acceptors (Lipinski definition) is 4. The van der Waals surface area contributed by atoms with Gasteiger partial charge in [-0.3, -0.25) is 9.59 Å². The summed E-state index contributed by atoms with van der Waals surface area (Å²) in [5.41, 5.74) is 8.12. The molecule has 2 aromatic carbocycles. The van der Waals surface area contributed by atoms with E-state index in [1.165, 1.54) is 0 Å². The highest BCUT2D eigenvalue weighted by atomic mass is 16.5. The molecule has 174 valence electrons. The van der Waals surface area contributed by atoms with E-state index >= 15 is 0 Å². The molecule has 0 unspecified atom stereocenters. The molecule has 5 N–H and O–H groups in total. The van der Waals surface area contributed by atoms with Gasteiger partial charge in [0.15, 0.2) is 0 Å². The molecule has 3 rings (SSSR count). The second-order valence-corrected chi connectivity index (χ2v) is 8.10. The van der Waals surface area contributed by atoms with Crippen molar-refractivity contribution in [3.63, 3.8) is 0 Å². The van der Waals surface area contributed by atoms with Gasteiger partial charge in [-0.05, 0) is 23.1 Å². The smallest absolute Gasteiger partial charge is 0.408 e. The first-order chi connectivity index (χ1) is 15.9. The molecule has 3 aromatic rings. The van der Waals surface area contributed by atoms with Crippen LogP contribution in [-0.2, 0) is 27.4 Å². The number of ether oxygens (including phenoxy) is 1. The van der Waals surface area contributed by atoms with Crippen molar-refractivity contribution in [2.45, 2.75) is 45.4 Å². The number of aromatic nitrogens is 1. The molecule has 0 aliphatic carbocycles. The van der Waals surface area contributed by atoms with Crippen LogP contribution < -0.4 is 16.4 Å². The Balaban J connectivity index is 1.76. The maximum atomic E-state index is 13.2. The van der Waals surface area contributed by atoms with Crippen molar-refractivity contribution in [2.75, 3.05) is 0 Å². The van der Waals surface area contributed by atoms with E-state index in [0.29, 0.717) is 6.42 Å². The van der Waals surface area contributed by atoms with Gasteiger partial charge in [-0.1, -0.05) is 68.8 Å². The molecule has 0 saturated carbocycles. The maximum absolute atomic E-state index is 13.2. The first-order valence-corrected chi connectivity index (χ1v) is 11.0. The first kappa shape index (κ1) is 23.8. The van der Waals surface area contributed by atoms with Crippen LogP contribution in [0.15, 0.2) is 60.8 Å². The summed E-state index contributed by atoms with van der Waals surface area (Å²) >= 11 is 0. The molecule has 3 atom stereocenters. The maximum Gasteiger partial charge on any atom is 0.408 e. The molecule has 3 amide bonds. The van der Waals surface area contributed by atoms with Crippen molar-refractivity contribution in [1.29, 1.82) is 0 Å². The summed E-state index contributed by atoms with van der Waals surface area (Å²) in [6.07, 6.45) is 1.95. The Kier molecular flexibility index (Phi) is 8.07. The summed E-state index contributed by atoms with van der Waals surface area (Å²) < 4.78 is 5.31. The molecule has 0 radical (unpaired) electrons. The molecule has 8 nitrogen and oxygen atoms in total. The summed E-state index contributed by atoms with van der Waals surface area (Å²) in [5, 5.41) is 6.31. The molecule has 0 aliphatic rings.